The van der Waals surface area contributed by atoms with Crippen LogP contribution < -0.4 is 5.32 Å². The molecule has 0 unspecified atom stereocenters. The largest absolute Gasteiger partial charge is 0.469 e. The zero-order valence-electron chi connectivity index (χ0n) is 9.33. The number of aryl methyl sites for hydroxylation is 1. The molecule has 0 aliphatic heterocycles. The first-order valence-corrected chi connectivity index (χ1v) is 6.43. The Morgan fingerprint density at radius 3 is 2.88 bits per heavy atom. The Morgan fingerprint density at radius 2 is 2.29 bits per heavy atom. The van der Waals surface area contributed by atoms with Crippen molar-refractivity contribution in [3.8, 4) is 0 Å². The molecule has 0 aliphatic carbocycles. The molecule has 2 rings (SSSR count). The van der Waals surface area contributed by atoms with Gasteiger partial charge in [-0.05, 0) is 31.5 Å². The van der Waals surface area contributed by atoms with Crippen LogP contribution in [0.2, 0.25) is 4.34 Å². The number of hydrogen-bond donors (Lipinski definition) is 1. The van der Waals surface area contributed by atoms with Crippen molar-refractivity contribution in [3.05, 3.63) is 45.0 Å². The van der Waals surface area contributed by atoms with E-state index in [9.17, 15) is 4.79 Å². The van der Waals surface area contributed by atoms with Crippen LogP contribution in [-0.2, 0) is 6.42 Å². The number of amides is 1. The zero-order valence-corrected chi connectivity index (χ0v) is 10.9. The highest BCUT2D eigenvalue weighted by Gasteiger charge is 2.10. The summed E-state index contributed by atoms with van der Waals surface area (Å²) in [6, 6.07) is 5.51. The summed E-state index contributed by atoms with van der Waals surface area (Å²) in [5.41, 5.74) is 0.592. The first-order valence-electron chi connectivity index (χ1n) is 5.23. The smallest absolute Gasteiger partial charge is 0.254 e. The molecule has 0 bridgehead atoms. The van der Waals surface area contributed by atoms with E-state index in [4.69, 9.17) is 16.0 Å². The third kappa shape index (κ3) is 3.11. The van der Waals surface area contributed by atoms with E-state index < -0.39 is 0 Å². The first-order chi connectivity index (χ1) is 8.16. The van der Waals surface area contributed by atoms with Crippen LogP contribution >= 0.6 is 22.9 Å². The van der Waals surface area contributed by atoms with Gasteiger partial charge in [0, 0.05) is 11.4 Å². The zero-order chi connectivity index (χ0) is 12.3. The second-order valence-corrected chi connectivity index (χ2v) is 5.40. The molecule has 0 aromatic carbocycles. The summed E-state index contributed by atoms with van der Waals surface area (Å²) >= 11 is 7.36. The quantitative estimate of drug-likeness (QED) is 0.926. The molecule has 0 spiro atoms. The van der Waals surface area contributed by atoms with Crippen LogP contribution in [0, 0.1) is 6.92 Å². The van der Waals surface area contributed by atoms with Gasteiger partial charge in [0.1, 0.15) is 5.76 Å². The summed E-state index contributed by atoms with van der Waals surface area (Å²) < 4.78 is 5.85. The molecule has 0 radical (unpaired) electrons. The predicted molar refractivity (Wildman–Crippen MR) is 68.8 cm³/mol. The van der Waals surface area contributed by atoms with E-state index in [0.29, 0.717) is 17.9 Å². The second-order valence-electron chi connectivity index (χ2n) is 3.60. The lowest BCUT2D eigenvalue weighted by Gasteiger charge is -2.02. The molecule has 0 saturated heterocycles. The van der Waals surface area contributed by atoms with Gasteiger partial charge in [-0.3, -0.25) is 4.79 Å². The maximum absolute atomic E-state index is 11.7. The van der Waals surface area contributed by atoms with Gasteiger partial charge >= 0.3 is 0 Å². The van der Waals surface area contributed by atoms with Crippen LogP contribution in [0.5, 0.6) is 0 Å². The van der Waals surface area contributed by atoms with E-state index in [-0.39, 0.29) is 5.91 Å². The molecule has 17 heavy (non-hydrogen) atoms. The highest BCUT2D eigenvalue weighted by atomic mass is 35.5. The van der Waals surface area contributed by atoms with E-state index in [1.54, 1.807) is 13.0 Å². The van der Waals surface area contributed by atoms with Crippen molar-refractivity contribution in [2.24, 2.45) is 0 Å². The average molecular weight is 270 g/mol. The molecule has 90 valence electrons. The Balaban J connectivity index is 1.83. The SMILES string of the molecule is Cc1occc1C(=O)NCCc1ccc(Cl)s1. The van der Waals surface area contributed by atoms with Crippen molar-refractivity contribution in [3.63, 3.8) is 0 Å². The maximum Gasteiger partial charge on any atom is 0.254 e. The van der Waals surface area contributed by atoms with Crippen LogP contribution in [0.25, 0.3) is 0 Å². The highest BCUT2D eigenvalue weighted by molar-refractivity contribution is 7.16. The molecule has 0 saturated carbocycles. The van der Waals surface area contributed by atoms with Crippen molar-refractivity contribution >= 4 is 28.8 Å². The van der Waals surface area contributed by atoms with E-state index in [2.05, 4.69) is 5.32 Å². The molecule has 1 amide bonds. The Morgan fingerprint density at radius 1 is 1.47 bits per heavy atom. The number of carbonyl (C=O) groups is 1. The average Bonchev–Trinajstić information content (AvgIpc) is 2.87. The topological polar surface area (TPSA) is 42.2 Å². The molecule has 0 aliphatic rings. The summed E-state index contributed by atoms with van der Waals surface area (Å²) in [7, 11) is 0. The van der Waals surface area contributed by atoms with Gasteiger partial charge in [0.05, 0.1) is 16.2 Å². The third-order valence-electron chi connectivity index (χ3n) is 2.39. The molecule has 5 heteroatoms. The van der Waals surface area contributed by atoms with Crippen molar-refractivity contribution in [2.45, 2.75) is 13.3 Å². The summed E-state index contributed by atoms with van der Waals surface area (Å²) in [5.74, 6) is 0.542. The number of rotatable bonds is 4. The van der Waals surface area contributed by atoms with Gasteiger partial charge in [-0.25, -0.2) is 0 Å². The minimum absolute atomic E-state index is 0.0982. The number of thiophene rings is 1. The van der Waals surface area contributed by atoms with Gasteiger partial charge in [-0.1, -0.05) is 11.6 Å². The van der Waals surface area contributed by atoms with Gasteiger partial charge in [-0.15, -0.1) is 11.3 Å². The fourth-order valence-electron chi connectivity index (χ4n) is 1.50. The fourth-order valence-corrected chi connectivity index (χ4v) is 2.59. The first kappa shape index (κ1) is 12.2. The fraction of sp³-hybridized carbons (Fsp3) is 0.250. The van der Waals surface area contributed by atoms with Crippen molar-refractivity contribution in [2.75, 3.05) is 6.54 Å². The van der Waals surface area contributed by atoms with Gasteiger partial charge in [0.2, 0.25) is 0 Å². The monoisotopic (exact) mass is 269 g/mol. The molecule has 2 aromatic heterocycles. The van der Waals surface area contributed by atoms with Crippen LogP contribution in [0.1, 0.15) is 21.0 Å². The maximum atomic E-state index is 11.7. The molecule has 2 heterocycles. The Kier molecular flexibility index (Phi) is 3.86. The van der Waals surface area contributed by atoms with Crippen LogP contribution in [-0.4, -0.2) is 12.5 Å². The lowest BCUT2D eigenvalue weighted by atomic mass is 10.2. The summed E-state index contributed by atoms with van der Waals surface area (Å²) in [5, 5.41) is 2.85. The normalized spacial score (nSPS) is 10.5. The molecule has 0 atom stereocenters. The van der Waals surface area contributed by atoms with E-state index in [0.717, 1.165) is 10.8 Å². The van der Waals surface area contributed by atoms with Gasteiger partial charge in [-0.2, -0.15) is 0 Å². The van der Waals surface area contributed by atoms with Crippen LogP contribution in [0.3, 0.4) is 0 Å². The summed E-state index contributed by atoms with van der Waals surface area (Å²) in [6.07, 6.45) is 2.31. The minimum Gasteiger partial charge on any atom is -0.469 e. The highest BCUT2D eigenvalue weighted by Crippen LogP contribution is 2.21. The van der Waals surface area contributed by atoms with E-state index in [1.165, 1.54) is 22.5 Å². The van der Waals surface area contributed by atoms with Crippen LogP contribution in [0.4, 0.5) is 0 Å². The molecular weight excluding hydrogens is 258 g/mol. The molecule has 1 N–H and O–H groups in total. The van der Waals surface area contributed by atoms with E-state index >= 15 is 0 Å². The van der Waals surface area contributed by atoms with Gasteiger partial charge in [0.25, 0.3) is 5.91 Å². The standard InChI is InChI=1S/C12H12ClNO2S/c1-8-10(5-7-16-8)12(15)14-6-4-9-2-3-11(13)17-9/h2-3,5,7H,4,6H2,1H3,(H,14,15). The molecular formula is C12H12ClNO2S. The van der Waals surface area contributed by atoms with Gasteiger partial charge < -0.3 is 9.73 Å². The number of halogens is 1. The summed E-state index contributed by atoms with van der Waals surface area (Å²) in [6.45, 7) is 2.37. The number of hydrogen-bond acceptors (Lipinski definition) is 3. The predicted octanol–water partition coefficient (Wildman–Crippen LogP) is 3.28. The molecule has 0 fully saturated rings. The van der Waals surface area contributed by atoms with Crippen molar-refractivity contribution < 1.29 is 9.21 Å². The number of carbonyl (C=O) groups excluding carboxylic acids is 1. The second kappa shape index (κ2) is 5.38. The van der Waals surface area contributed by atoms with Crippen molar-refractivity contribution in [1.29, 1.82) is 0 Å². The molecule has 2 aromatic rings. The van der Waals surface area contributed by atoms with Crippen molar-refractivity contribution in [1.82, 2.24) is 5.32 Å². The number of furan rings is 1. The lowest BCUT2D eigenvalue weighted by Crippen LogP contribution is -2.25. The van der Waals surface area contributed by atoms with E-state index in [1.807, 2.05) is 12.1 Å². The number of nitrogens with one attached hydrogen (secondary N) is 1. The third-order valence-corrected chi connectivity index (χ3v) is 3.68. The van der Waals surface area contributed by atoms with Gasteiger partial charge in [0.15, 0.2) is 0 Å². The molecule has 3 nitrogen and oxygen atoms in total. The minimum atomic E-state index is -0.0982. The summed E-state index contributed by atoms with van der Waals surface area (Å²) in [4.78, 5) is 12.9. The Hall–Kier alpha value is -1.26. The Labute approximate surface area is 108 Å². The lowest BCUT2D eigenvalue weighted by molar-refractivity contribution is 0.0952. The Bertz CT molecular complexity index is 518. The van der Waals surface area contributed by atoms with Crippen LogP contribution in [0.15, 0.2) is 28.9 Å².